The molecule has 1 N–H and O–H groups in total. The summed E-state index contributed by atoms with van der Waals surface area (Å²) in [6.07, 6.45) is 1.42. The molecule has 0 bridgehead atoms. The number of anilines is 2. The van der Waals surface area contributed by atoms with Crippen molar-refractivity contribution in [3.05, 3.63) is 40.4 Å². The maximum absolute atomic E-state index is 12.4. The number of benzene rings is 1. The lowest BCUT2D eigenvalue weighted by molar-refractivity contribution is -0.117. The van der Waals surface area contributed by atoms with Crippen LogP contribution in [0.4, 0.5) is 10.8 Å². The number of amides is 2. The fraction of sp³-hybridized carbons (Fsp3) is 0.333. The van der Waals surface area contributed by atoms with E-state index in [4.69, 9.17) is 4.74 Å². The first-order chi connectivity index (χ1) is 12.5. The van der Waals surface area contributed by atoms with Gasteiger partial charge in [0.1, 0.15) is 4.88 Å². The van der Waals surface area contributed by atoms with Crippen LogP contribution in [0.3, 0.4) is 0 Å². The van der Waals surface area contributed by atoms with Crippen molar-refractivity contribution in [2.45, 2.75) is 26.7 Å². The first-order valence-electron chi connectivity index (χ1n) is 8.36. The zero-order valence-electron chi connectivity index (χ0n) is 14.6. The van der Waals surface area contributed by atoms with Crippen molar-refractivity contribution in [3.63, 3.8) is 0 Å². The van der Waals surface area contributed by atoms with Crippen LogP contribution >= 0.6 is 11.3 Å². The first-order valence-corrected chi connectivity index (χ1v) is 9.17. The predicted molar refractivity (Wildman–Crippen MR) is 98.8 cm³/mol. The van der Waals surface area contributed by atoms with E-state index in [0.717, 1.165) is 23.4 Å². The smallest absolute Gasteiger partial charge is 0.350 e. The minimum absolute atomic E-state index is 0.104. The van der Waals surface area contributed by atoms with Crippen molar-refractivity contribution < 1.29 is 19.1 Å². The highest BCUT2D eigenvalue weighted by Crippen LogP contribution is 2.25. The van der Waals surface area contributed by atoms with Gasteiger partial charge in [-0.15, -0.1) is 0 Å². The van der Waals surface area contributed by atoms with Gasteiger partial charge in [-0.3, -0.25) is 14.9 Å². The van der Waals surface area contributed by atoms with Crippen molar-refractivity contribution in [1.29, 1.82) is 0 Å². The van der Waals surface area contributed by atoms with Gasteiger partial charge < -0.3 is 9.64 Å². The van der Waals surface area contributed by atoms with Crippen molar-refractivity contribution in [3.8, 4) is 0 Å². The Balaban J connectivity index is 1.69. The van der Waals surface area contributed by atoms with Gasteiger partial charge in [-0.1, -0.05) is 11.3 Å². The summed E-state index contributed by atoms with van der Waals surface area (Å²) in [6, 6.07) is 6.86. The zero-order chi connectivity index (χ0) is 18.7. The third kappa shape index (κ3) is 3.75. The van der Waals surface area contributed by atoms with Gasteiger partial charge in [0.15, 0.2) is 5.13 Å². The fourth-order valence-corrected chi connectivity index (χ4v) is 3.57. The normalized spacial score (nSPS) is 13.8. The average Bonchev–Trinajstić information content (AvgIpc) is 3.21. The molecule has 1 aromatic carbocycles. The molecule has 26 heavy (non-hydrogen) atoms. The monoisotopic (exact) mass is 373 g/mol. The molecular weight excluding hydrogens is 354 g/mol. The minimum atomic E-state index is -0.442. The quantitative estimate of drug-likeness (QED) is 0.814. The highest BCUT2D eigenvalue weighted by atomic mass is 32.1. The standard InChI is InChI=1S/C18H19N3O4S/c1-3-25-17(24)15-11(2)19-18(26-15)20-16(23)12-6-8-13(9-7-12)21-10-4-5-14(21)22/h6-9H,3-5,10H2,1-2H3,(H,19,20,23). The summed E-state index contributed by atoms with van der Waals surface area (Å²) in [6.45, 7) is 4.42. The van der Waals surface area contributed by atoms with Crippen LogP contribution in [0, 0.1) is 6.92 Å². The molecule has 136 valence electrons. The van der Waals surface area contributed by atoms with Crippen molar-refractivity contribution >= 4 is 39.9 Å². The van der Waals surface area contributed by atoms with E-state index in [0.29, 0.717) is 34.2 Å². The van der Waals surface area contributed by atoms with E-state index in [-0.39, 0.29) is 18.4 Å². The van der Waals surface area contributed by atoms with Crippen LogP contribution in [0.2, 0.25) is 0 Å². The lowest BCUT2D eigenvalue weighted by Gasteiger charge is -2.15. The number of aromatic nitrogens is 1. The van der Waals surface area contributed by atoms with Crippen molar-refractivity contribution in [2.24, 2.45) is 0 Å². The highest BCUT2D eigenvalue weighted by Gasteiger charge is 2.22. The third-order valence-corrected chi connectivity index (χ3v) is 5.05. The number of nitrogens with one attached hydrogen (secondary N) is 1. The number of ether oxygens (including phenoxy) is 1. The van der Waals surface area contributed by atoms with E-state index in [1.54, 1.807) is 43.0 Å². The molecule has 1 aliphatic heterocycles. The van der Waals surface area contributed by atoms with Gasteiger partial charge >= 0.3 is 5.97 Å². The molecule has 0 unspecified atom stereocenters. The van der Waals surface area contributed by atoms with Crippen molar-refractivity contribution in [1.82, 2.24) is 4.98 Å². The molecule has 2 amide bonds. The zero-order valence-corrected chi connectivity index (χ0v) is 15.4. The Kier molecular flexibility index (Phi) is 5.32. The van der Waals surface area contributed by atoms with Gasteiger partial charge in [-0.2, -0.15) is 0 Å². The molecule has 2 aromatic rings. The van der Waals surface area contributed by atoms with Crippen LogP contribution < -0.4 is 10.2 Å². The largest absolute Gasteiger partial charge is 0.462 e. The number of hydrogen-bond acceptors (Lipinski definition) is 6. The van der Waals surface area contributed by atoms with Gasteiger partial charge in [0.05, 0.1) is 12.3 Å². The Labute approximate surface area is 155 Å². The van der Waals surface area contributed by atoms with Gasteiger partial charge in [0, 0.05) is 24.2 Å². The number of carbonyl (C=O) groups excluding carboxylic acids is 3. The second-order valence-electron chi connectivity index (χ2n) is 5.80. The van der Waals surface area contributed by atoms with E-state index in [9.17, 15) is 14.4 Å². The van der Waals surface area contributed by atoms with Crippen LogP contribution in [-0.4, -0.2) is 35.9 Å². The molecule has 3 rings (SSSR count). The number of thiazole rings is 1. The molecule has 0 radical (unpaired) electrons. The number of hydrogen-bond donors (Lipinski definition) is 1. The predicted octanol–water partition coefficient (Wildman–Crippen LogP) is 3.01. The van der Waals surface area contributed by atoms with Crippen LogP contribution in [0.5, 0.6) is 0 Å². The molecular formula is C18H19N3O4S. The maximum Gasteiger partial charge on any atom is 0.350 e. The molecule has 0 saturated carbocycles. The summed E-state index contributed by atoms with van der Waals surface area (Å²) in [5.41, 5.74) is 1.76. The Morgan fingerprint density at radius 1 is 1.31 bits per heavy atom. The summed E-state index contributed by atoms with van der Waals surface area (Å²) in [5.74, 6) is -0.664. The lowest BCUT2D eigenvalue weighted by Crippen LogP contribution is -2.23. The number of rotatable bonds is 5. The molecule has 0 atom stereocenters. The topological polar surface area (TPSA) is 88.6 Å². The molecule has 0 aliphatic carbocycles. The molecule has 1 fully saturated rings. The van der Waals surface area contributed by atoms with Gasteiger partial charge in [-0.25, -0.2) is 9.78 Å². The van der Waals surface area contributed by atoms with E-state index in [2.05, 4.69) is 10.3 Å². The molecule has 1 saturated heterocycles. The minimum Gasteiger partial charge on any atom is -0.462 e. The summed E-state index contributed by atoms with van der Waals surface area (Å²) in [4.78, 5) is 42.3. The molecule has 7 nitrogen and oxygen atoms in total. The average molecular weight is 373 g/mol. The molecule has 0 spiro atoms. The Morgan fingerprint density at radius 2 is 2.04 bits per heavy atom. The molecule has 1 aromatic heterocycles. The van der Waals surface area contributed by atoms with Crippen LogP contribution in [0.15, 0.2) is 24.3 Å². The van der Waals surface area contributed by atoms with E-state index < -0.39 is 5.97 Å². The summed E-state index contributed by atoms with van der Waals surface area (Å²) in [7, 11) is 0. The maximum atomic E-state index is 12.4. The van der Waals surface area contributed by atoms with E-state index in [1.165, 1.54) is 0 Å². The first kappa shape index (κ1) is 18.1. The Hall–Kier alpha value is -2.74. The molecule has 1 aliphatic rings. The van der Waals surface area contributed by atoms with Crippen LogP contribution in [0.25, 0.3) is 0 Å². The van der Waals surface area contributed by atoms with Gasteiger partial charge in [-0.05, 0) is 44.5 Å². The van der Waals surface area contributed by atoms with E-state index in [1.807, 2.05) is 0 Å². The third-order valence-electron chi connectivity index (χ3n) is 3.99. The second kappa shape index (κ2) is 7.65. The summed E-state index contributed by atoms with van der Waals surface area (Å²) >= 11 is 1.08. The fourth-order valence-electron chi connectivity index (χ4n) is 2.72. The molecule has 8 heteroatoms. The second-order valence-corrected chi connectivity index (χ2v) is 6.80. The summed E-state index contributed by atoms with van der Waals surface area (Å²) in [5, 5.41) is 3.04. The molecule has 2 heterocycles. The number of aryl methyl sites for hydroxylation is 1. The van der Waals surface area contributed by atoms with Gasteiger partial charge in [0.25, 0.3) is 5.91 Å². The Morgan fingerprint density at radius 3 is 2.65 bits per heavy atom. The number of carbonyl (C=O) groups is 3. The summed E-state index contributed by atoms with van der Waals surface area (Å²) < 4.78 is 4.97. The Bertz CT molecular complexity index is 845. The highest BCUT2D eigenvalue weighted by molar-refractivity contribution is 7.17. The number of nitrogens with zero attached hydrogens (tertiary/aromatic N) is 2. The number of esters is 1. The van der Waals surface area contributed by atoms with Crippen LogP contribution in [-0.2, 0) is 9.53 Å². The van der Waals surface area contributed by atoms with Crippen molar-refractivity contribution in [2.75, 3.05) is 23.4 Å². The van der Waals surface area contributed by atoms with Crippen LogP contribution in [0.1, 0.15) is 45.5 Å². The van der Waals surface area contributed by atoms with E-state index >= 15 is 0 Å². The lowest BCUT2D eigenvalue weighted by atomic mass is 10.2. The van der Waals surface area contributed by atoms with Gasteiger partial charge in [0.2, 0.25) is 5.91 Å². The SMILES string of the molecule is CCOC(=O)c1sc(NC(=O)c2ccc(N3CCCC3=O)cc2)nc1C.